The zero-order chi connectivity index (χ0) is 10.1. The number of allylic oxidation sites excluding steroid dienone is 1. The maximum Gasteiger partial charge on any atom is 0.428 e. The van der Waals surface area contributed by atoms with E-state index in [1.165, 1.54) is 0 Å². The molecule has 0 N–H and O–H groups in total. The van der Waals surface area contributed by atoms with Crippen molar-refractivity contribution in [2.24, 2.45) is 0 Å². The van der Waals surface area contributed by atoms with Gasteiger partial charge in [0.2, 0.25) is 0 Å². The standard InChI is InChI=1S/C6H5BrF4O2/c7-4(6(9,10)11)5(8)13-2-3-1-12-3/h3H,1-2H2. The number of rotatable bonds is 3. The van der Waals surface area contributed by atoms with Crippen molar-refractivity contribution in [1.29, 1.82) is 0 Å². The Balaban J connectivity index is 2.45. The van der Waals surface area contributed by atoms with Crippen LogP contribution in [0.15, 0.2) is 10.5 Å². The molecular weight excluding hydrogens is 260 g/mol. The van der Waals surface area contributed by atoms with E-state index in [9.17, 15) is 17.6 Å². The van der Waals surface area contributed by atoms with Gasteiger partial charge in [-0.15, -0.1) is 0 Å². The topological polar surface area (TPSA) is 21.8 Å². The molecule has 0 aromatic carbocycles. The van der Waals surface area contributed by atoms with Gasteiger partial charge >= 0.3 is 6.18 Å². The smallest absolute Gasteiger partial charge is 0.428 e. The van der Waals surface area contributed by atoms with E-state index in [-0.39, 0.29) is 12.7 Å². The molecule has 1 heterocycles. The zero-order valence-corrected chi connectivity index (χ0v) is 7.78. The second-order valence-corrected chi connectivity index (χ2v) is 3.14. The lowest BCUT2D eigenvalue weighted by atomic mass is 10.5. The van der Waals surface area contributed by atoms with Crippen molar-refractivity contribution in [3.8, 4) is 0 Å². The Hall–Kier alpha value is -0.300. The molecule has 0 amide bonds. The van der Waals surface area contributed by atoms with E-state index < -0.39 is 16.7 Å². The van der Waals surface area contributed by atoms with Crippen LogP contribution < -0.4 is 0 Å². The molecule has 0 aromatic heterocycles. The third-order valence-electron chi connectivity index (χ3n) is 1.22. The van der Waals surface area contributed by atoms with Gasteiger partial charge in [-0.25, -0.2) is 0 Å². The number of epoxide rings is 1. The number of ether oxygens (including phenoxy) is 2. The maximum atomic E-state index is 12.5. The highest BCUT2D eigenvalue weighted by atomic mass is 79.9. The highest BCUT2D eigenvalue weighted by Crippen LogP contribution is 2.33. The van der Waals surface area contributed by atoms with Gasteiger partial charge in [-0.2, -0.15) is 17.6 Å². The molecule has 76 valence electrons. The first kappa shape index (κ1) is 10.8. The molecule has 1 aliphatic heterocycles. The third kappa shape index (κ3) is 3.51. The van der Waals surface area contributed by atoms with Crippen molar-refractivity contribution in [3.05, 3.63) is 10.5 Å². The van der Waals surface area contributed by atoms with Crippen molar-refractivity contribution in [2.45, 2.75) is 12.3 Å². The Kier molecular flexibility index (Phi) is 3.18. The number of hydrogen-bond donors (Lipinski definition) is 0. The van der Waals surface area contributed by atoms with E-state index in [0.29, 0.717) is 6.61 Å². The van der Waals surface area contributed by atoms with E-state index in [1.807, 2.05) is 15.9 Å². The molecule has 1 fully saturated rings. The zero-order valence-electron chi connectivity index (χ0n) is 6.20. The summed E-state index contributed by atoms with van der Waals surface area (Å²) in [5, 5.41) is 0. The SMILES string of the molecule is FC(OCC1CO1)=C(Br)C(F)(F)F. The van der Waals surface area contributed by atoms with Crippen LogP contribution in [0.4, 0.5) is 17.6 Å². The van der Waals surface area contributed by atoms with Gasteiger partial charge in [0.15, 0.2) is 4.48 Å². The average molecular weight is 265 g/mol. The predicted molar refractivity (Wildman–Crippen MR) is 38.8 cm³/mol. The van der Waals surface area contributed by atoms with Gasteiger partial charge in [0, 0.05) is 0 Å². The summed E-state index contributed by atoms with van der Waals surface area (Å²) in [5.74, 6) is 0. The van der Waals surface area contributed by atoms with E-state index in [1.54, 1.807) is 0 Å². The second kappa shape index (κ2) is 3.83. The van der Waals surface area contributed by atoms with E-state index >= 15 is 0 Å². The first-order chi connectivity index (χ1) is 5.91. The minimum Gasteiger partial charge on any atom is -0.467 e. The summed E-state index contributed by atoms with van der Waals surface area (Å²) in [4.78, 5) is 0. The molecule has 1 saturated heterocycles. The Labute approximate surface area is 79.6 Å². The molecule has 0 aliphatic carbocycles. The third-order valence-corrected chi connectivity index (χ3v) is 1.98. The maximum absolute atomic E-state index is 12.5. The van der Waals surface area contributed by atoms with Crippen LogP contribution in [0.3, 0.4) is 0 Å². The summed E-state index contributed by atoms with van der Waals surface area (Å²) in [5.41, 5.74) is 0. The molecule has 0 spiro atoms. The van der Waals surface area contributed by atoms with Crippen molar-refractivity contribution in [2.75, 3.05) is 13.2 Å². The minimum absolute atomic E-state index is 0.197. The highest BCUT2D eigenvalue weighted by Gasteiger charge is 2.37. The van der Waals surface area contributed by atoms with Crippen LogP contribution in [0.2, 0.25) is 0 Å². The molecule has 0 aromatic rings. The fourth-order valence-electron chi connectivity index (χ4n) is 0.505. The highest BCUT2D eigenvalue weighted by molar-refractivity contribution is 9.11. The second-order valence-electron chi connectivity index (χ2n) is 2.35. The van der Waals surface area contributed by atoms with Gasteiger partial charge in [-0.3, -0.25) is 0 Å². The van der Waals surface area contributed by atoms with Gasteiger partial charge in [0.05, 0.1) is 6.61 Å². The van der Waals surface area contributed by atoms with Crippen molar-refractivity contribution < 1.29 is 27.0 Å². The first-order valence-corrected chi connectivity index (χ1v) is 4.07. The van der Waals surface area contributed by atoms with E-state index in [2.05, 4.69) is 9.47 Å². The molecule has 1 unspecified atom stereocenters. The monoisotopic (exact) mass is 264 g/mol. The van der Waals surface area contributed by atoms with Gasteiger partial charge in [-0.05, 0) is 15.9 Å². The van der Waals surface area contributed by atoms with Crippen molar-refractivity contribution >= 4 is 15.9 Å². The summed E-state index contributed by atoms with van der Waals surface area (Å²) < 4.78 is 55.1. The van der Waals surface area contributed by atoms with Crippen LogP contribution in [0.1, 0.15) is 0 Å². The van der Waals surface area contributed by atoms with Crippen LogP contribution in [0.25, 0.3) is 0 Å². The van der Waals surface area contributed by atoms with Crippen LogP contribution in [0, 0.1) is 0 Å². The lowest BCUT2D eigenvalue weighted by Gasteiger charge is -2.06. The molecule has 1 atom stereocenters. The summed E-state index contributed by atoms with van der Waals surface area (Å²) in [6.45, 7) is 0.202. The molecule has 1 aliphatic rings. The molecule has 13 heavy (non-hydrogen) atoms. The number of alkyl halides is 3. The number of halogens is 5. The minimum atomic E-state index is -4.76. The Morgan fingerprint density at radius 3 is 2.46 bits per heavy atom. The van der Waals surface area contributed by atoms with Gasteiger partial charge in [0.25, 0.3) is 6.01 Å². The summed E-state index contributed by atoms with van der Waals surface area (Å²) in [7, 11) is 0. The largest absolute Gasteiger partial charge is 0.467 e. The van der Waals surface area contributed by atoms with Crippen molar-refractivity contribution in [3.63, 3.8) is 0 Å². The van der Waals surface area contributed by atoms with Gasteiger partial charge in [0.1, 0.15) is 12.7 Å². The quantitative estimate of drug-likeness (QED) is 0.444. The normalized spacial score (nSPS) is 23.9. The predicted octanol–water partition coefficient (Wildman–Crippen LogP) is 2.50. The Bertz CT molecular complexity index is 221. The Morgan fingerprint density at radius 2 is 2.08 bits per heavy atom. The summed E-state index contributed by atoms with van der Waals surface area (Å²) >= 11 is 2.05. The molecule has 7 heteroatoms. The Morgan fingerprint density at radius 1 is 1.54 bits per heavy atom. The van der Waals surface area contributed by atoms with Crippen LogP contribution >= 0.6 is 15.9 Å². The van der Waals surface area contributed by atoms with Crippen LogP contribution in [0.5, 0.6) is 0 Å². The molecular formula is C6H5BrF4O2. The van der Waals surface area contributed by atoms with Crippen LogP contribution in [-0.4, -0.2) is 25.5 Å². The van der Waals surface area contributed by atoms with Crippen LogP contribution in [-0.2, 0) is 9.47 Å². The average Bonchev–Trinajstić information content (AvgIpc) is 2.80. The molecule has 0 radical (unpaired) electrons. The number of hydrogen-bond acceptors (Lipinski definition) is 2. The van der Waals surface area contributed by atoms with E-state index in [4.69, 9.17) is 0 Å². The fraction of sp³-hybridized carbons (Fsp3) is 0.667. The molecule has 1 rings (SSSR count). The van der Waals surface area contributed by atoms with Gasteiger partial charge in [-0.1, -0.05) is 0 Å². The molecule has 0 bridgehead atoms. The summed E-state index contributed by atoms with van der Waals surface area (Å²) in [6, 6.07) is -1.66. The van der Waals surface area contributed by atoms with E-state index in [0.717, 1.165) is 0 Å². The first-order valence-electron chi connectivity index (χ1n) is 3.28. The molecule has 0 saturated carbocycles. The lowest BCUT2D eigenvalue weighted by Crippen LogP contribution is -2.10. The van der Waals surface area contributed by atoms with Gasteiger partial charge < -0.3 is 9.47 Å². The fourth-order valence-corrected chi connectivity index (χ4v) is 0.620. The lowest BCUT2D eigenvalue weighted by molar-refractivity contribution is -0.0886. The van der Waals surface area contributed by atoms with Crippen molar-refractivity contribution in [1.82, 2.24) is 0 Å². The molecule has 2 nitrogen and oxygen atoms in total. The summed E-state index contributed by atoms with van der Waals surface area (Å²) in [6.07, 6.45) is -5.03.